The van der Waals surface area contributed by atoms with Crippen molar-refractivity contribution in [1.29, 1.82) is 0 Å². The zero-order valence-electron chi connectivity index (χ0n) is 6.94. The van der Waals surface area contributed by atoms with E-state index in [1.807, 2.05) is 13.8 Å². The molecule has 2 heteroatoms. The van der Waals surface area contributed by atoms with E-state index in [9.17, 15) is 0 Å². The minimum absolute atomic E-state index is 0.583. The molecule has 0 aromatic carbocycles. The van der Waals surface area contributed by atoms with Gasteiger partial charge in [0, 0.05) is 12.0 Å². The van der Waals surface area contributed by atoms with E-state index < -0.39 is 0 Å². The molecule has 0 aromatic heterocycles. The van der Waals surface area contributed by atoms with Gasteiger partial charge in [-0.3, -0.25) is 0 Å². The second kappa shape index (κ2) is 3.35. The van der Waals surface area contributed by atoms with Crippen molar-refractivity contribution in [3.63, 3.8) is 0 Å². The molecule has 0 bridgehead atoms. The van der Waals surface area contributed by atoms with E-state index in [0.29, 0.717) is 5.41 Å². The van der Waals surface area contributed by atoms with Crippen LogP contribution in [-0.2, 0) is 4.74 Å². The molecule has 2 rings (SSSR count). The summed E-state index contributed by atoms with van der Waals surface area (Å²) in [6, 6.07) is 0. The van der Waals surface area contributed by atoms with Crippen molar-refractivity contribution in [3.05, 3.63) is 0 Å². The SMILES string of the molecule is C1CC2(CN1)COC2.CC. The van der Waals surface area contributed by atoms with Gasteiger partial charge >= 0.3 is 0 Å². The quantitative estimate of drug-likeness (QED) is 0.546. The number of hydrogen-bond donors (Lipinski definition) is 1. The smallest absolute Gasteiger partial charge is 0.0557 e. The zero-order chi connectivity index (χ0) is 7.45. The lowest BCUT2D eigenvalue weighted by Gasteiger charge is -2.36. The van der Waals surface area contributed by atoms with Gasteiger partial charge in [-0.15, -0.1) is 0 Å². The van der Waals surface area contributed by atoms with Gasteiger partial charge in [-0.25, -0.2) is 0 Å². The van der Waals surface area contributed by atoms with Crippen molar-refractivity contribution >= 4 is 0 Å². The molecule has 2 aliphatic heterocycles. The summed E-state index contributed by atoms with van der Waals surface area (Å²) in [5, 5.41) is 3.34. The molecule has 2 aliphatic rings. The molecule has 0 unspecified atom stereocenters. The van der Waals surface area contributed by atoms with E-state index in [1.165, 1.54) is 19.5 Å². The van der Waals surface area contributed by atoms with Crippen LogP contribution in [0.25, 0.3) is 0 Å². The summed E-state index contributed by atoms with van der Waals surface area (Å²) in [6.45, 7) is 8.39. The molecular weight excluding hydrogens is 126 g/mol. The molecule has 0 radical (unpaired) electrons. The van der Waals surface area contributed by atoms with E-state index in [0.717, 1.165) is 13.2 Å². The molecule has 0 aliphatic carbocycles. The summed E-state index contributed by atoms with van der Waals surface area (Å²) in [5.74, 6) is 0. The lowest BCUT2D eigenvalue weighted by Crippen LogP contribution is -2.43. The summed E-state index contributed by atoms with van der Waals surface area (Å²) < 4.78 is 5.12. The Labute approximate surface area is 63.0 Å². The van der Waals surface area contributed by atoms with Crippen molar-refractivity contribution in [2.45, 2.75) is 20.3 Å². The molecule has 0 amide bonds. The van der Waals surface area contributed by atoms with Crippen molar-refractivity contribution < 1.29 is 4.74 Å². The maximum atomic E-state index is 5.12. The third-order valence-corrected chi connectivity index (χ3v) is 2.15. The molecule has 10 heavy (non-hydrogen) atoms. The Morgan fingerprint density at radius 1 is 1.30 bits per heavy atom. The third-order valence-electron chi connectivity index (χ3n) is 2.15. The van der Waals surface area contributed by atoms with Crippen LogP contribution >= 0.6 is 0 Å². The van der Waals surface area contributed by atoms with Crippen molar-refractivity contribution in [1.82, 2.24) is 5.32 Å². The van der Waals surface area contributed by atoms with Crippen LogP contribution in [0.4, 0.5) is 0 Å². The third kappa shape index (κ3) is 1.32. The van der Waals surface area contributed by atoms with Crippen LogP contribution in [0.1, 0.15) is 20.3 Å². The molecule has 1 spiro atoms. The normalized spacial score (nSPS) is 27.0. The molecule has 2 saturated heterocycles. The molecule has 2 nitrogen and oxygen atoms in total. The number of hydrogen-bond acceptors (Lipinski definition) is 2. The fourth-order valence-corrected chi connectivity index (χ4v) is 1.43. The Kier molecular flexibility index (Phi) is 2.69. The summed E-state index contributed by atoms with van der Waals surface area (Å²) in [7, 11) is 0. The Hall–Kier alpha value is -0.0800. The van der Waals surface area contributed by atoms with E-state index in [2.05, 4.69) is 5.32 Å². The summed E-state index contributed by atoms with van der Waals surface area (Å²) >= 11 is 0. The Bertz CT molecular complexity index is 91.4. The highest BCUT2D eigenvalue weighted by Gasteiger charge is 2.40. The Balaban J connectivity index is 0.000000231. The highest BCUT2D eigenvalue weighted by molar-refractivity contribution is 4.92. The van der Waals surface area contributed by atoms with Crippen molar-refractivity contribution in [2.24, 2.45) is 5.41 Å². The average Bonchev–Trinajstić information content (AvgIpc) is 2.38. The minimum atomic E-state index is 0.583. The number of ether oxygens (including phenoxy) is 1. The van der Waals surface area contributed by atoms with Gasteiger partial charge in [-0.1, -0.05) is 13.8 Å². The zero-order valence-corrected chi connectivity index (χ0v) is 6.94. The van der Waals surface area contributed by atoms with Gasteiger partial charge in [0.25, 0.3) is 0 Å². The van der Waals surface area contributed by atoms with Crippen LogP contribution in [0.3, 0.4) is 0 Å². The molecule has 1 N–H and O–H groups in total. The van der Waals surface area contributed by atoms with Crippen LogP contribution in [0, 0.1) is 5.41 Å². The first-order chi connectivity index (χ1) is 4.91. The maximum absolute atomic E-state index is 5.12. The molecule has 2 heterocycles. The predicted octanol–water partition coefficient (Wildman–Crippen LogP) is 1.02. The second-order valence-corrected chi connectivity index (χ2v) is 2.92. The van der Waals surface area contributed by atoms with Crippen LogP contribution in [0.15, 0.2) is 0 Å². The second-order valence-electron chi connectivity index (χ2n) is 2.92. The van der Waals surface area contributed by atoms with Gasteiger partial charge < -0.3 is 10.1 Å². The summed E-state index contributed by atoms with van der Waals surface area (Å²) in [6.07, 6.45) is 1.33. The molecule has 0 aromatic rings. The Morgan fingerprint density at radius 2 is 2.00 bits per heavy atom. The monoisotopic (exact) mass is 143 g/mol. The fourth-order valence-electron chi connectivity index (χ4n) is 1.43. The van der Waals surface area contributed by atoms with Gasteiger partial charge in [-0.2, -0.15) is 0 Å². The maximum Gasteiger partial charge on any atom is 0.0557 e. The highest BCUT2D eigenvalue weighted by atomic mass is 16.5. The standard InChI is InChI=1S/C6H11NO.C2H6/c1-2-7-3-6(1)4-8-5-6;1-2/h7H,1-5H2;1-2H3. The highest BCUT2D eigenvalue weighted by Crippen LogP contribution is 2.32. The van der Waals surface area contributed by atoms with E-state index >= 15 is 0 Å². The lowest BCUT2D eigenvalue weighted by molar-refractivity contribution is -0.0995. The summed E-state index contributed by atoms with van der Waals surface area (Å²) in [4.78, 5) is 0. The van der Waals surface area contributed by atoms with Crippen LogP contribution < -0.4 is 5.32 Å². The first-order valence-corrected chi connectivity index (χ1v) is 4.20. The average molecular weight is 143 g/mol. The molecule has 2 fully saturated rings. The van der Waals surface area contributed by atoms with E-state index in [-0.39, 0.29) is 0 Å². The first-order valence-electron chi connectivity index (χ1n) is 4.20. The molecule has 0 atom stereocenters. The van der Waals surface area contributed by atoms with Gasteiger partial charge in [0.1, 0.15) is 0 Å². The lowest BCUT2D eigenvalue weighted by atomic mass is 9.86. The van der Waals surface area contributed by atoms with Gasteiger partial charge in [-0.05, 0) is 13.0 Å². The largest absolute Gasteiger partial charge is 0.380 e. The molecule has 0 saturated carbocycles. The molecular formula is C8H17NO. The summed E-state index contributed by atoms with van der Waals surface area (Å²) in [5.41, 5.74) is 0.583. The van der Waals surface area contributed by atoms with E-state index in [4.69, 9.17) is 4.74 Å². The fraction of sp³-hybridized carbons (Fsp3) is 1.00. The van der Waals surface area contributed by atoms with Crippen LogP contribution in [-0.4, -0.2) is 26.3 Å². The van der Waals surface area contributed by atoms with E-state index in [1.54, 1.807) is 0 Å². The van der Waals surface area contributed by atoms with Gasteiger partial charge in [0.2, 0.25) is 0 Å². The number of rotatable bonds is 0. The topological polar surface area (TPSA) is 21.3 Å². The van der Waals surface area contributed by atoms with Crippen molar-refractivity contribution in [3.8, 4) is 0 Å². The first kappa shape index (κ1) is 8.02. The van der Waals surface area contributed by atoms with Gasteiger partial charge in [0.15, 0.2) is 0 Å². The predicted molar refractivity (Wildman–Crippen MR) is 42.1 cm³/mol. The molecule has 60 valence electrons. The van der Waals surface area contributed by atoms with Crippen LogP contribution in [0.2, 0.25) is 0 Å². The number of nitrogens with one attached hydrogen (secondary N) is 1. The minimum Gasteiger partial charge on any atom is -0.380 e. The Morgan fingerprint density at radius 3 is 2.20 bits per heavy atom. The van der Waals surface area contributed by atoms with Gasteiger partial charge in [0.05, 0.1) is 13.2 Å². The van der Waals surface area contributed by atoms with Crippen molar-refractivity contribution in [2.75, 3.05) is 26.3 Å². The van der Waals surface area contributed by atoms with Crippen LogP contribution in [0.5, 0.6) is 0 Å².